The maximum atomic E-state index is 12.6. The number of hydrogen-bond donors (Lipinski definition) is 1. The molecule has 1 N–H and O–H groups in total. The van der Waals surface area contributed by atoms with E-state index in [1.807, 2.05) is 0 Å². The Kier molecular flexibility index (Phi) is 5.71. The van der Waals surface area contributed by atoms with E-state index in [0.717, 1.165) is 0 Å². The number of rotatable bonds is 4. The lowest BCUT2D eigenvalue weighted by Gasteiger charge is -2.31. The predicted octanol–water partition coefficient (Wildman–Crippen LogP) is 2.28. The second-order valence-electron chi connectivity index (χ2n) is 5.27. The molecule has 1 amide bonds. The van der Waals surface area contributed by atoms with Crippen molar-refractivity contribution in [2.45, 2.75) is 18.6 Å². The Bertz CT molecular complexity index is 644. The van der Waals surface area contributed by atoms with Crippen LogP contribution < -0.4 is 5.32 Å². The molecule has 1 atom stereocenters. The first kappa shape index (κ1) is 17.5. The summed E-state index contributed by atoms with van der Waals surface area (Å²) < 4.78 is 26.5. The molecule has 0 spiro atoms. The van der Waals surface area contributed by atoms with Crippen molar-refractivity contribution in [3.63, 3.8) is 0 Å². The van der Waals surface area contributed by atoms with E-state index in [2.05, 4.69) is 5.32 Å². The van der Waals surface area contributed by atoms with Crippen molar-refractivity contribution in [1.29, 1.82) is 0 Å². The standard InChI is InChI=1S/C14H18Cl2N2O3S/c1-17-14(19)10-4-3-7-18(8-10)22(20,21)9-11-12(15)5-2-6-13(11)16/h2,5-6,10H,3-4,7-9H2,1H3,(H,17,19)/t10-/m0/s1. The lowest BCUT2D eigenvalue weighted by atomic mass is 9.99. The van der Waals surface area contributed by atoms with Crippen molar-refractivity contribution >= 4 is 39.1 Å². The van der Waals surface area contributed by atoms with Gasteiger partial charge in [0.15, 0.2) is 0 Å². The van der Waals surface area contributed by atoms with Crippen molar-refractivity contribution < 1.29 is 13.2 Å². The molecule has 22 heavy (non-hydrogen) atoms. The fraction of sp³-hybridized carbons (Fsp3) is 0.500. The van der Waals surface area contributed by atoms with Crippen LogP contribution >= 0.6 is 23.2 Å². The highest BCUT2D eigenvalue weighted by Gasteiger charge is 2.32. The number of nitrogens with one attached hydrogen (secondary N) is 1. The van der Waals surface area contributed by atoms with E-state index in [1.54, 1.807) is 25.2 Å². The molecule has 0 aliphatic carbocycles. The smallest absolute Gasteiger partial charge is 0.224 e. The summed E-state index contributed by atoms with van der Waals surface area (Å²) in [4.78, 5) is 11.7. The molecule has 5 nitrogen and oxygen atoms in total. The van der Waals surface area contributed by atoms with E-state index in [0.29, 0.717) is 35.0 Å². The van der Waals surface area contributed by atoms with Crippen LogP contribution in [0.4, 0.5) is 0 Å². The van der Waals surface area contributed by atoms with Gasteiger partial charge in [-0.3, -0.25) is 4.79 Å². The van der Waals surface area contributed by atoms with Crippen LogP contribution in [0.25, 0.3) is 0 Å². The molecule has 2 rings (SSSR count). The SMILES string of the molecule is CNC(=O)[C@H]1CCCN(S(=O)(=O)Cc2c(Cl)cccc2Cl)C1. The predicted molar refractivity (Wildman–Crippen MR) is 87.4 cm³/mol. The van der Waals surface area contributed by atoms with Crippen molar-refractivity contribution in [2.75, 3.05) is 20.1 Å². The molecular weight excluding hydrogens is 347 g/mol. The Balaban J connectivity index is 2.18. The van der Waals surface area contributed by atoms with Gasteiger partial charge in [0.2, 0.25) is 15.9 Å². The molecule has 1 heterocycles. The molecule has 0 aromatic heterocycles. The molecule has 0 bridgehead atoms. The third kappa shape index (κ3) is 3.93. The zero-order valence-electron chi connectivity index (χ0n) is 12.2. The largest absolute Gasteiger partial charge is 0.359 e. The minimum atomic E-state index is -3.57. The van der Waals surface area contributed by atoms with Crippen LogP contribution in [0.1, 0.15) is 18.4 Å². The summed E-state index contributed by atoms with van der Waals surface area (Å²) >= 11 is 12.1. The number of nitrogens with zero attached hydrogens (tertiary/aromatic N) is 1. The highest BCUT2D eigenvalue weighted by molar-refractivity contribution is 7.88. The Hall–Kier alpha value is -0.820. The summed E-state index contributed by atoms with van der Waals surface area (Å²) in [6.45, 7) is 0.613. The van der Waals surface area contributed by atoms with Crippen molar-refractivity contribution in [3.05, 3.63) is 33.8 Å². The van der Waals surface area contributed by atoms with Gasteiger partial charge in [0.05, 0.1) is 11.7 Å². The first-order valence-corrected chi connectivity index (χ1v) is 9.34. The molecule has 0 unspecified atom stereocenters. The van der Waals surface area contributed by atoms with E-state index in [-0.39, 0.29) is 24.1 Å². The van der Waals surface area contributed by atoms with Gasteiger partial charge in [-0.25, -0.2) is 12.7 Å². The number of carbonyl (C=O) groups excluding carboxylic acids is 1. The summed E-state index contributed by atoms with van der Waals surface area (Å²) in [6, 6.07) is 4.90. The molecule has 0 radical (unpaired) electrons. The summed E-state index contributed by atoms with van der Waals surface area (Å²) in [6.07, 6.45) is 1.35. The highest BCUT2D eigenvalue weighted by Crippen LogP contribution is 2.28. The fourth-order valence-electron chi connectivity index (χ4n) is 2.56. The highest BCUT2D eigenvalue weighted by atomic mass is 35.5. The molecule has 1 aliphatic heterocycles. The number of piperidine rings is 1. The number of amides is 1. The lowest BCUT2D eigenvalue weighted by Crippen LogP contribution is -2.45. The van der Waals surface area contributed by atoms with Crippen LogP contribution in [0.2, 0.25) is 10.0 Å². The van der Waals surface area contributed by atoms with E-state index in [1.165, 1.54) is 4.31 Å². The van der Waals surface area contributed by atoms with Crippen molar-refractivity contribution in [1.82, 2.24) is 9.62 Å². The minimum Gasteiger partial charge on any atom is -0.359 e. The van der Waals surface area contributed by atoms with Gasteiger partial charge < -0.3 is 5.32 Å². The Morgan fingerprint density at radius 1 is 1.36 bits per heavy atom. The van der Waals surface area contributed by atoms with Crippen molar-refractivity contribution in [3.8, 4) is 0 Å². The third-order valence-electron chi connectivity index (χ3n) is 3.78. The zero-order valence-corrected chi connectivity index (χ0v) is 14.5. The molecule has 122 valence electrons. The second kappa shape index (κ2) is 7.17. The first-order chi connectivity index (χ1) is 10.3. The normalized spacial score (nSPS) is 19.9. The maximum absolute atomic E-state index is 12.6. The molecule has 1 aromatic carbocycles. The van der Waals surface area contributed by atoms with Crippen LogP contribution in [-0.2, 0) is 20.6 Å². The first-order valence-electron chi connectivity index (χ1n) is 6.97. The number of sulfonamides is 1. The summed E-state index contributed by atoms with van der Waals surface area (Å²) in [5.74, 6) is -0.697. The molecule has 0 saturated carbocycles. The van der Waals surface area contributed by atoms with E-state index in [9.17, 15) is 13.2 Å². The number of hydrogen-bond acceptors (Lipinski definition) is 3. The Morgan fingerprint density at radius 3 is 2.59 bits per heavy atom. The second-order valence-corrected chi connectivity index (χ2v) is 8.05. The van der Waals surface area contributed by atoms with Gasteiger partial charge in [-0.2, -0.15) is 0 Å². The van der Waals surface area contributed by atoms with Gasteiger partial charge >= 0.3 is 0 Å². The van der Waals surface area contributed by atoms with E-state index >= 15 is 0 Å². The molecule has 1 aromatic rings. The van der Waals surface area contributed by atoms with Crippen LogP contribution in [-0.4, -0.2) is 38.8 Å². The van der Waals surface area contributed by atoms with Gasteiger partial charge in [-0.05, 0) is 25.0 Å². The van der Waals surface area contributed by atoms with Crippen LogP contribution in [0.15, 0.2) is 18.2 Å². The van der Waals surface area contributed by atoms with Crippen LogP contribution in [0.5, 0.6) is 0 Å². The maximum Gasteiger partial charge on any atom is 0.224 e. The van der Waals surface area contributed by atoms with Gasteiger partial charge in [0, 0.05) is 35.7 Å². The molecule has 1 saturated heterocycles. The zero-order chi connectivity index (χ0) is 16.3. The van der Waals surface area contributed by atoms with Gasteiger partial charge in [-0.15, -0.1) is 0 Å². The monoisotopic (exact) mass is 364 g/mol. The summed E-state index contributed by atoms with van der Waals surface area (Å²) in [7, 11) is -2.02. The topological polar surface area (TPSA) is 66.5 Å². The van der Waals surface area contributed by atoms with Crippen LogP contribution in [0.3, 0.4) is 0 Å². The number of halogens is 2. The third-order valence-corrected chi connectivity index (χ3v) is 6.26. The quantitative estimate of drug-likeness (QED) is 0.890. The summed E-state index contributed by atoms with van der Waals surface area (Å²) in [5, 5.41) is 3.23. The van der Waals surface area contributed by atoms with Crippen molar-refractivity contribution in [2.24, 2.45) is 5.92 Å². The van der Waals surface area contributed by atoms with E-state index in [4.69, 9.17) is 23.2 Å². The van der Waals surface area contributed by atoms with E-state index < -0.39 is 10.0 Å². The lowest BCUT2D eigenvalue weighted by molar-refractivity contribution is -0.125. The summed E-state index contributed by atoms with van der Waals surface area (Å²) in [5.41, 5.74) is 0.396. The fourth-order valence-corrected chi connectivity index (χ4v) is 4.92. The molecule has 8 heteroatoms. The molecule has 1 aliphatic rings. The minimum absolute atomic E-state index is 0.129. The Morgan fingerprint density at radius 2 is 2.00 bits per heavy atom. The average molecular weight is 365 g/mol. The number of benzene rings is 1. The number of carbonyl (C=O) groups is 1. The van der Waals surface area contributed by atoms with Gasteiger partial charge in [-0.1, -0.05) is 29.3 Å². The molecular formula is C14H18Cl2N2O3S. The van der Waals surface area contributed by atoms with Crippen LogP contribution in [0, 0.1) is 5.92 Å². The average Bonchev–Trinajstić information content (AvgIpc) is 2.50. The Labute approximate surface area is 140 Å². The van der Waals surface area contributed by atoms with Gasteiger partial charge in [0.1, 0.15) is 0 Å². The molecule has 1 fully saturated rings. The van der Waals surface area contributed by atoms with Gasteiger partial charge in [0.25, 0.3) is 0 Å².